The molecule has 0 fully saturated rings. The SMILES string of the molecule is Cc1[nH]c(=O)nc(-c2ccc(F)cc2F)c1C(=O)O. The number of halogens is 2. The highest BCUT2D eigenvalue weighted by Gasteiger charge is 2.20. The number of nitrogens with one attached hydrogen (secondary N) is 1. The molecule has 5 nitrogen and oxygen atoms in total. The number of aromatic carboxylic acids is 1. The first-order chi connectivity index (χ1) is 8.90. The second-order valence-corrected chi connectivity index (χ2v) is 3.82. The zero-order valence-electron chi connectivity index (χ0n) is 9.70. The Kier molecular flexibility index (Phi) is 3.12. The molecule has 1 heterocycles. The van der Waals surface area contributed by atoms with Gasteiger partial charge < -0.3 is 10.1 Å². The van der Waals surface area contributed by atoms with Crippen LogP contribution in [0.3, 0.4) is 0 Å². The van der Waals surface area contributed by atoms with Crippen LogP contribution in [-0.4, -0.2) is 21.0 Å². The fraction of sp³-hybridized carbons (Fsp3) is 0.0833. The van der Waals surface area contributed by atoms with Crippen molar-refractivity contribution in [2.24, 2.45) is 0 Å². The van der Waals surface area contributed by atoms with E-state index in [0.717, 1.165) is 12.1 Å². The Morgan fingerprint density at radius 3 is 2.63 bits per heavy atom. The lowest BCUT2D eigenvalue weighted by Gasteiger charge is -2.08. The van der Waals surface area contributed by atoms with Crippen LogP contribution in [-0.2, 0) is 0 Å². The van der Waals surface area contributed by atoms with Gasteiger partial charge in [0.1, 0.15) is 17.2 Å². The zero-order chi connectivity index (χ0) is 14.2. The summed E-state index contributed by atoms with van der Waals surface area (Å²) in [6.45, 7) is 1.36. The van der Waals surface area contributed by atoms with Gasteiger partial charge in [-0.25, -0.2) is 18.4 Å². The maximum Gasteiger partial charge on any atom is 0.345 e. The summed E-state index contributed by atoms with van der Waals surface area (Å²) in [6, 6.07) is 2.60. The van der Waals surface area contributed by atoms with Crippen molar-refractivity contribution in [2.75, 3.05) is 0 Å². The van der Waals surface area contributed by atoms with Gasteiger partial charge in [0.25, 0.3) is 0 Å². The molecule has 19 heavy (non-hydrogen) atoms. The number of carboxylic acids is 1. The minimum Gasteiger partial charge on any atom is -0.478 e. The Morgan fingerprint density at radius 2 is 2.05 bits per heavy atom. The summed E-state index contributed by atoms with van der Waals surface area (Å²) < 4.78 is 26.5. The average molecular weight is 266 g/mol. The number of nitrogens with zero attached hydrogens (tertiary/aromatic N) is 1. The van der Waals surface area contributed by atoms with E-state index < -0.39 is 23.3 Å². The molecule has 0 aliphatic heterocycles. The van der Waals surface area contributed by atoms with Gasteiger partial charge in [-0.05, 0) is 19.1 Å². The monoisotopic (exact) mass is 266 g/mol. The fourth-order valence-electron chi connectivity index (χ4n) is 1.72. The Bertz CT molecular complexity index is 725. The number of aryl methyl sites for hydroxylation is 1. The van der Waals surface area contributed by atoms with Crippen LogP contribution in [0.4, 0.5) is 8.78 Å². The predicted molar refractivity (Wildman–Crippen MR) is 61.9 cm³/mol. The van der Waals surface area contributed by atoms with Crippen molar-refractivity contribution in [3.8, 4) is 11.3 Å². The molecule has 0 amide bonds. The Hall–Kier alpha value is -2.57. The van der Waals surface area contributed by atoms with Crippen molar-refractivity contribution in [2.45, 2.75) is 6.92 Å². The predicted octanol–water partition coefficient (Wildman–Crippen LogP) is 1.72. The molecule has 0 saturated carbocycles. The van der Waals surface area contributed by atoms with Crippen molar-refractivity contribution in [1.29, 1.82) is 0 Å². The lowest BCUT2D eigenvalue weighted by molar-refractivity contribution is 0.0696. The first-order valence-electron chi connectivity index (χ1n) is 5.20. The van der Waals surface area contributed by atoms with Crippen LogP contribution in [0.15, 0.2) is 23.0 Å². The van der Waals surface area contributed by atoms with Gasteiger partial charge in [0.05, 0.1) is 5.69 Å². The third-order valence-electron chi connectivity index (χ3n) is 2.52. The lowest BCUT2D eigenvalue weighted by atomic mass is 10.0. The Morgan fingerprint density at radius 1 is 1.37 bits per heavy atom. The molecular weight excluding hydrogens is 258 g/mol. The first-order valence-corrected chi connectivity index (χ1v) is 5.20. The van der Waals surface area contributed by atoms with Gasteiger partial charge in [-0.2, -0.15) is 4.98 Å². The summed E-state index contributed by atoms with van der Waals surface area (Å²) in [4.78, 5) is 28.1. The molecular formula is C12H8F2N2O3. The maximum absolute atomic E-state index is 13.7. The maximum atomic E-state index is 13.7. The van der Waals surface area contributed by atoms with Gasteiger partial charge in [0.2, 0.25) is 0 Å². The molecule has 98 valence electrons. The molecule has 1 aromatic carbocycles. The molecule has 0 bridgehead atoms. The molecule has 2 N–H and O–H groups in total. The topological polar surface area (TPSA) is 83.0 Å². The summed E-state index contributed by atoms with van der Waals surface area (Å²) in [5.74, 6) is -3.15. The molecule has 0 unspecified atom stereocenters. The summed E-state index contributed by atoms with van der Waals surface area (Å²) in [6.07, 6.45) is 0. The minimum absolute atomic E-state index is 0.0474. The third-order valence-corrected chi connectivity index (χ3v) is 2.52. The Labute approximate surface area is 105 Å². The fourth-order valence-corrected chi connectivity index (χ4v) is 1.72. The smallest absolute Gasteiger partial charge is 0.345 e. The third kappa shape index (κ3) is 2.35. The first kappa shape index (κ1) is 12.9. The van der Waals surface area contributed by atoms with Gasteiger partial charge in [0.15, 0.2) is 0 Å². The number of carbonyl (C=O) groups is 1. The molecule has 7 heteroatoms. The van der Waals surface area contributed by atoms with E-state index in [1.807, 2.05) is 0 Å². The second kappa shape index (κ2) is 4.60. The van der Waals surface area contributed by atoms with Crippen molar-refractivity contribution in [3.05, 3.63) is 51.6 Å². The van der Waals surface area contributed by atoms with Crippen LogP contribution >= 0.6 is 0 Å². The van der Waals surface area contributed by atoms with E-state index in [-0.39, 0.29) is 22.5 Å². The molecule has 2 rings (SSSR count). The van der Waals surface area contributed by atoms with Crippen LogP contribution in [0.2, 0.25) is 0 Å². The number of H-pyrrole nitrogens is 1. The van der Waals surface area contributed by atoms with E-state index in [2.05, 4.69) is 9.97 Å². The van der Waals surface area contributed by atoms with Gasteiger partial charge in [-0.15, -0.1) is 0 Å². The molecule has 0 atom stereocenters. The molecule has 0 aliphatic rings. The molecule has 0 spiro atoms. The van der Waals surface area contributed by atoms with Crippen molar-refractivity contribution in [3.63, 3.8) is 0 Å². The van der Waals surface area contributed by atoms with E-state index >= 15 is 0 Å². The zero-order valence-corrected chi connectivity index (χ0v) is 9.70. The number of carboxylic acid groups (broad SMARTS) is 1. The molecule has 1 aromatic heterocycles. The van der Waals surface area contributed by atoms with Gasteiger partial charge in [0, 0.05) is 17.3 Å². The standard InChI is InChI=1S/C12H8F2N2O3/c1-5-9(11(17)18)10(16-12(19)15-5)7-3-2-6(13)4-8(7)14/h2-4H,1H3,(H,17,18)(H,15,16,19). The molecule has 0 aliphatic carbocycles. The highest BCUT2D eigenvalue weighted by Crippen LogP contribution is 2.25. The van der Waals surface area contributed by atoms with E-state index in [1.165, 1.54) is 6.92 Å². The molecule has 2 aromatic rings. The van der Waals surface area contributed by atoms with Crippen LogP contribution in [0.25, 0.3) is 11.3 Å². The minimum atomic E-state index is -1.36. The lowest BCUT2D eigenvalue weighted by Crippen LogP contribution is -2.18. The van der Waals surface area contributed by atoms with Crippen molar-refractivity contribution in [1.82, 2.24) is 9.97 Å². The van der Waals surface area contributed by atoms with Crippen LogP contribution in [0.5, 0.6) is 0 Å². The second-order valence-electron chi connectivity index (χ2n) is 3.82. The highest BCUT2D eigenvalue weighted by molar-refractivity contribution is 5.95. The van der Waals surface area contributed by atoms with Gasteiger partial charge in [-0.1, -0.05) is 0 Å². The largest absolute Gasteiger partial charge is 0.478 e. The van der Waals surface area contributed by atoms with Crippen LogP contribution in [0, 0.1) is 18.6 Å². The highest BCUT2D eigenvalue weighted by atomic mass is 19.1. The normalized spacial score (nSPS) is 10.5. The van der Waals surface area contributed by atoms with Gasteiger partial charge >= 0.3 is 11.7 Å². The van der Waals surface area contributed by atoms with E-state index in [1.54, 1.807) is 0 Å². The van der Waals surface area contributed by atoms with E-state index in [0.29, 0.717) is 6.07 Å². The molecule has 0 saturated heterocycles. The summed E-state index contributed by atoms with van der Waals surface area (Å²) >= 11 is 0. The van der Waals surface area contributed by atoms with Crippen LogP contribution < -0.4 is 5.69 Å². The van der Waals surface area contributed by atoms with E-state index in [4.69, 9.17) is 5.11 Å². The Balaban J connectivity index is 2.81. The van der Waals surface area contributed by atoms with Crippen molar-refractivity contribution >= 4 is 5.97 Å². The quantitative estimate of drug-likeness (QED) is 0.867. The molecule has 0 radical (unpaired) electrons. The van der Waals surface area contributed by atoms with Gasteiger partial charge in [-0.3, -0.25) is 0 Å². The number of benzene rings is 1. The van der Waals surface area contributed by atoms with Crippen molar-refractivity contribution < 1.29 is 18.7 Å². The number of hydrogen-bond acceptors (Lipinski definition) is 3. The summed E-state index contributed by atoms with van der Waals surface area (Å²) in [7, 11) is 0. The summed E-state index contributed by atoms with van der Waals surface area (Å²) in [5.41, 5.74) is -1.66. The summed E-state index contributed by atoms with van der Waals surface area (Å²) in [5, 5.41) is 9.09. The van der Waals surface area contributed by atoms with Crippen LogP contribution in [0.1, 0.15) is 16.1 Å². The number of aromatic amines is 1. The van der Waals surface area contributed by atoms with E-state index in [9.17, 15) is 18.4 Å². The number of aromatic nitrogens is 2. The average Bonchev–Trinajstić information content (AvgIpc) is 2.26. The number of hydrogen-bond donors (Lipinski definition) is 2. The number of rotatable bonds is 2.